The van der Waals surface area contributed by atoms with Crippen LogP contribution in [0, 0.1) is 0 Å². The minimum atomic E-state index is 0.468. The topological polar surface area (TPSA) is 63.2 Å². The third-order valence-corrected chi connectivity index (χ3v) is 3.95. The molecule has 1 N–H and O–H groups in total. The van der Waals surface area contributed by atoms with Gasteiger partial charge in [-0.2, -0.15) is 5.10 Å². The van der Waals surface area contributed by atoms with Gasteiger partial charge >= 0.3 is 0 Å². The number of oxime groups is 1. The fourth-order valence-corrected chi connectivity index (χ4v) is 2.56. The Morgan fingerprint density at radius 3 is 2.50 bits per heavy atom. The monoisotopic (exact) mass is 328 g/mol. The van der Waals surface area contributed by atoms with E-state index in [9.17, 15) is 0 Å². The van der Waals surface area contributed by atoms with Crippen LogP contribution in [0.2, 0.25) is 0 Å². The van der Waals surface area contributed by atoms with Crippen LogP contribution in [0.1, 0.15) is 69.7 Å². The molecule has 0 fully saturated rings. The third kappa shape index (κ3) is 6.94. The number of nitrogens with zero attached hydrogens (tertiary/aromatic N) is 3. The lowest BCUT2D eigenvalue weighted by Crippen LogP contribution is -2.05. The second-order valence-electron chi connectivity index (χ2n) is 6.00. The van der Waals surface area contributed by atoms with Crippen molar-refractivity contribution in [2.45, 2.75) is 64.9 Å². The van der Waals surface area contributed by atoms with Gasteiger partial charge < -0.3 is 4.84 Å². The molecule has 1 heterocycles. The number of H-pyrrole nitrogens is 1. The number of benzene rings is 1. The quantitative estimate of drug-likeness (QED) is 0.343. The summed E-state index contributed by atoms with van der Waals surface area (Å²) in [5.41, 5.74) is 1.95. The van der Waals surface area contributed by atoms with Gasteiger partial charge in [-0.1, -0.05) is 80.9 Å². The molecular formula is C19H28N4O. The number of hydrogen-bond donors (Lipinski definition) is 1. The molecule has 5 heteroatoms. The summed E-state index contributed by atoms with van der Waals surface area (Å²) < 4.78 is 0. The van der Waals surface area contributed by atoms with Gasteiger partial charge in [0.15, 0.2) is 5.82 Å². The number of hydrogen-bond acceptors (Lipinski definition) is 4. The normalized spacial score (nSPS) is 11.6. The van der Waals surface area contributed by atoms with Crippen molar-refractivity contribution in [3.8, 4) is 0 Å². The van der Waals surface area contributed by atoms with Crippen LogP contribution >= 0.6 is 0 Å². The number of aromatic nitrogens is 3. The van der Waals surface area contributed by atoms with Gasteiger partial charge in [-0.25, -0.2) is 4.98 Å². The van der Waals surface area contributed by atoms with Crippen LogP contribution in [0.5, 0.6) is 0 Å². The van der Waals surface area contributed by atoms with Crippen molar-refractivity contribution in [1.82, 2.24) is 15.2 Å². The lowest BCUT2D eigenvalue weighted by molar-refractivity contribution is 0.130. The van der Waals surface area contributed by atoms with E-state index >= 15 is 0 Å². The Kier molecular flexibility index (Phi) is 8.62. The Morgan fingerprint density at radius 1 is 1.04 bits per heavy atom. The zero-order valence-corrected chi connectivity index (χ0v) is 14.6. The highest BCUT2D eigenvalue weighted by Crippen LogP contribution is 2.11. The molecule has 0 bridgehead atoms. The molecule has 0 saturated heterocycles. The maximum Gasteiger partial charge on any atom is 0.173 e. The van der Waals surface area contributed by atoms with Gasteiger partial charge in [-0.3, -0.25) is 5.10 Å². The largest absolute Gasteiger partial charge is 0.391 e. The molecule has 0 aliphatic heterocycles. The Hall–Kier alpha value is -2.17. The molecule has 5 nitrogen and oxygen atoms in total. The maximum absolute atomic E-state index is 5.52. The summed E-state index contributed by atoms with van der Waals surface area (Å²) in [6.45, 7) is 2.71. The van der Waals surface area contributed by atoms with Crippen LogP contribution in [0.15, 0.2) is 41.8 Å². The Balaban J connectivity index is 1.76. The van der Waals surface area contributed by atoms with E-state index in [4.69, 9.17) is 4.84 Å². The van der Waals surface area contributed by atoms with Crippen molar-refractivity contribution in [1.29, 1.82) is 0 Å². The van der Waals surface area contributed by atoms with Crippen LogP contribution in [-0.4, -0.2) is 20.9 Å². The van der Waals surface area contributed by atoms with Crippen LogP contribution in [-0.2, 0) is 11.4 Å². The summed E-state index contributed by atoms with van der Waals surface area (Å²) in [7, 11) is 0. The van der Waals surface area contributed by atoms with Crippen LogP contribution < -0.4 is 0 Å². The molecule has 24 heavy (non-hydrogen) atoms. The molecule has 0 amide bonds. The van der Waals surface area contributed by atoms with E-state index in [1.165, 1.54) is 44.9 Å². The van der Waals surface area contributed by atoms with E-state index in [-0.39, 0.29) is 0 Å². The molecule has 2 aromatic rings. The maximum atomic E-state index is 5.52. The summed E-state index contributed by atoms with van der Waals surface area (Å²) in [5.74, 6) is 0.703. The number of nitrogens with one attached hydrogen (secondary N) is 1. The van der Waals surface area contributed by atoms with Crippen LogP contribution in [0.25, 0.3) is 0 Å². The minimum absolute atomic E-state index is 0.468. The lowest BCUT2D eigenvalue weighted by atomic mass is 10.1. The van der Waals surface area contributed by atoms with E-state index in [2.05, 4.69) is 27.3 Å². The molecular weight excluding hydrogens is 300 g/mol. The van der Waals surface area contributed by atoms with E-state index in [1.54, 1.807) is 0 Å². The summed E-state index contributed by atoms with van der Waals surface area (Å²) in [6.07, 6.45) is 11.3. The van der Waals surface area contributed by atoms with Gasteiger partial charge in [-0.05, 0) is 18.4 Å². The summed E-state index contributed by atoms with van der Waals surface area (Å²) in [5, 5.41) is 11.1. The van der Waals surface area contributed by atoms with E-state index in [0.29, 0.717) is 12.4 Å². The fourth-order valence-electron chi connectivity index (χ4n) is 2.56. The Morgan fingerprint density at radius 2 is 1.79 bits per heavy atom. The zero-order chi connectivity index (χ0) is 16.9. The van der Waals surface area contributed by atoms with Gasteiger partial charge in [0.2, 0.25) is 0 Å². The fraction of sp³-hybridized carbons (Fsp3) is 0.526. The molecule has 0 atom stereocenters. The summed E-state index contributed by atoms with van der Waals surface area (Å²) >= 11 is 0. The number of unbranched alkanes of at least 4 members (excludes halogenated alkanes) is 6. The van der Waals surface area contributed by atoms with E-state index in [0.717, 1.165) is 24.1 Å². The molecule has 0 spiro atoms. The van der Waals surface area contributed by atoms with Gasteiger partial charge in [0.1, 0.15) is 18.6 Å². The van der Waals surface area contributed by atoms with Crippen LogP contribution in [0.3, 0.4) is 0 Å². The average molecular weight is 328 g/mol. The van der Waals surface area contributed by atoms with Crippen molar-refractivity contribution in [2.75, 3.05) is 0 Å². The molecule has 0 unspecified atom stereocenters. The highest BCUT2D eigenvalue weighted by atomic mass is 16.6. The molecule has 1 aromatic carbocycles. The third-order valence-electron chi connectivity index (χ3n) is 3.95. The van der Waals surface area contributed by atoms with Gasteiger partial charge in [0.25, 0.3) is 0 Å². The predicted octanol–water partition coefficient (Wildman–Crippen LogP) is 4.87. The summed E-state index contributed by atoms with van der Waals surface area (Å²) in [6, 6.07) is 10.0. The van der Waals surface area contributed by atoms with Gasteiger partial charge in [-0.15, -0.1) is 0 Å². The first-order valence-corrected chi connectivity index (χ1v) is 8.98. The van der Waals surface area contributed by atoms with Crippen molar-refractivity contribution in [3.63, 3.8) is 0 Å². The van der Waals surface area contributed by atoms with E-state index in [1.807, 2.05) is 30.3 Å². The van der Waals surface area contributed by atoms with Gasteiger partial charge in [0, 0.05) is 0 Å². The van der Waals surface area contributed by atoms with Crippen molar-refractivity contribution < 1.29 is 4.84 Å². The number of aromatic amines is 1. The average Bonchev–Trinajstić information content (AvgIpc) is 3.15. The first-order chi connectivity index (χ1) is 11.9. The highest BCUT2D eigenvalue weighted by molar-refractivity contribution is 5.96. The first kappa shape index (κ1) is 18.2. The summed E-state index contributed by atoms with van der Waals surface area (Å²) in [4.78, 5) is 9.72. The Bertz CT molecular complexity index is 566. The second kappa shape index (κ2) is 11.4. The molecule has 1 aromatic heterocycles. The first-order valence-electron chi connectivity index (χ1n) is 8.98. The highest BCUT2D eigenvalue weighted by Gasteiger charge is 2.08. The molecule has 0 saturated carbocycles. The SMILES string of the molecule is CCCCCCCCCC(=NOCc1ccccc1)c1ncn[nH]1. The van der Waals surface area contributed by atoms with E-state index < -0.39 is 0 Å². The standard InChI is InChI=1S/C19H28N4O/c1-2-3-4-5-6-7-11-14-18(19-20-16-21-22-19)23-24-15-17-12-9-8-10-13-17/h8-10,12-13,16H,2-7,11,14-15H2,1H3,(H,20,21,22). The van der Waals surface area contributed by atoms with Crippen LogP contribution in [0.4, 0.5) is 0 Å². The molecule has 0 aliphatic rings. The van der Waals surface area contributed by atoms with Crippen molar-refractivity contribution in [2.24, 2.45) is 5.16 Å². The van der Waals surface area contributed by atoms with Gasteiger partial charge in [0.05, 0.1) is 0 Å². The zero-order valence-electron chi connectivity index (χ0n) is 14.6. The smallest absolute Gasteiger partial charge is 0.173 e. The molecule has 0 radical (unpaired) electrons. The Labute approximate surface area is 144 Å². The molecule has 2 rings (SSSR count). The minimum Gasteiger partial charge on any atom is -0.391 e. The van der Waals surface area contributed by atoms with Crippen molar-refractivity contribution >= 4 is 5.71 Å². The molecule has 0 aliphatic carbocycles. The predicted molar refractivity (Wildman–Crippen MR) is 96.8 cm³/mol. The van der Waals surface area contributed by atoms with Crippen molar-refractivity contribution in [3.05, 3.63) is 48.0 Å². The number of rotatable bonds is 12. The second-order valence-corrected chi connectivity index (χ2v) is 6.00. The lowest BCUT2D eigenvalue weighted by Gasteiger charge is -2.05. The molecule has 130 valence electrons.